The number of nitrogens with one attached hydrogen (secondary N) is 1. The Labute approximate surface area is 120 Å². The van der Waals surface area contributed by atoms with Crippen LogP contribution in [0.25, 0.3) is 5.65 Å². The SMILES string of the molecule is Cc1cc2nc(NC(=O)CCS(C)(=O)=O)cc(Cl)n2n1. The number of aryl methyl sites for hydroxylation is 1. The molecule has 1 amide bonds. The van der Waals surface area contributed by atoms with E-state index in [0.29, 0.717) is 10.8 Å². The van der Waals surface area contributed by atoms with Crippen LogP contribution in [0.4, 0.5) is 5.82 Å². The van der Waals surface area contributed by atoms with E-state index in [2.05, 4.69) is 15.4 Å². The predicted octanol–water partition coefficient (Wildman–Crippen LogP) is 1.06. The zero-order chi connectivity index (χ0) is 14.9. The third-order valence-corrected chi connectivity index (χ3v) is 3.69. The molecule has 1 N–H and O–H groups in total. The van der Waals surface area contributed by atoms with Gasteiger partial charge < -0.3 is 5.32 Å². The molecule has 108 valence electrons. The monoisotopic (exact) mass is 316 g/mol. The lowest BCUT2D eigenvalue weighted by Crippen LogP contribution is -2.17. The smallest absolute Gasteiger partial charge is 0.226 e. The summed E-state index contributed by atoms with van der Waals surface area (Å²) in [5.41, 5.74) is 1.26. The van der Waals surface area contributed by atoms with Crippen molar-refractivity contribution in [2.24, 2.45) is 0 Å². The number of sulfone groups is 1. The van der Waals surface area contributed by atoms with Crippen LogP contribution in [-0.2, 0) is 14.6 Å². The minimum Gasteiger partial charge on any atom is -0.311 e. The van der Waals surface area contributed by atoms with Gasteiger partial charge in [0.2, 0.25) is 5.91 Å². The molecule has 0 saturated carbocycles. The van der Waals surface area contributed by atoms with E-state index in [4.69, 9.17) is 11.6 Å². The van der Waals surface area contributed by atoms with Gasteiger partial charge in [0.25, 0.3) is 0 Å². The molecule has 20 heavy (non-hydrogen) atoms. The summed E-state index contributed by atoms with van der Waals surface area (Å²) in [5, 5.41) is 6.96. The second-order valence-corrected chi connectivity index (χ2v) is 7.09. The summed E-state index contributed by atoms with van der Waals surface area (Å²) in [5.74, 6) is -0.374. The third-order valence-electron chi connectivity index (χ3n) is 2.47. The third kappa shape index (κ3) is 3.67. The zero-order valence-corrected chi connectivity index (χ0v) is 12.5. The van der Waals surface area contributed by atoms with Crippen molar-refractivity contribution in [2.75, 3.05) is 17.3 Å². The van der Waals surface area contributed by atoms with E-state index in [1.54, 1.807) is 13.0 Å². The lowest BCUT2D eigenvalue weighted by Gasteiger charge is -2.05. The Morgan fingerprint density at radius 1 is 1.45 bits per heavy atom. The molecule has 0 aliphatic heterocycles. The number of hydrogen-bond donors (Lipinski definition) is 1. The van der Waals surface area contributed by atoms with Crippen LogP contribution in [-0.4, -0.2) is 40.9 Å². The van der Waals surface area contributed by atoms with E-state index in [-0.39, 0.29) is 18.0 Å². The topological polar surface area (TPSA) is 93.4 Å². The largest absolute Gasteiger partial charge is 0.311 e. The highest BCUT2D eigenvalue weighted by atomic mass is 35.5. The van der Waals surface area contributed by atoms with Crippen molar-refractivity contribution >= 4 is 38.8 Å². The number of halogens is 1. The van der Waals surface area contributed by atoms with Gasteiger partial charge in [-0.3, -0.25) is 4.79 Å². The zero-order valence-electron chi connectivity index (χ0n) is 10.9. The van der Waals surface area contributed by atoms with Crippen LogP contribution in [0.2, 0.25) is 5.15 Å². The van der Waals surface area contributed by atoms with Crippen LogP contribution in [0.3, 0.4) is 0 Å². The molecule has 0 aliphatic carbocycles. The first kappa shape index (κ1) is 14.7. The first-order valence-corrected chi connectivity index (χ1v) is 8.19. The summed E-state index contributed by atoms with van der Waals surface area (Å²) in [6.07, 6.45) is 0.956. The van der Waals surface area contributed by atoms with Gasteiger partial charge in [0, 0.05) is 24.8 Å². The second kappa shape index (κ2) is 5.37. The van der Waals surface area contributed by atoms with Gasteiger partial charge in [-0.15, -0.1) is 0 Å². The van der Waals surface area contributed by atoms with Crippen LogP contribution in [0.1, 0.15) is 12.1 Å². The summed E-state index contributed by atoms with van der Waals surface area (Å²) in [7, 11) is -3.17. The number of amides is 1. The molecule has 2 aromatic rings. The Hall–Kier alpha value is -1.67. The maximum absolute atomic E-state index is 11.6. The predicted molar refractivity (Wildman–Crippen MR) is 75.7 cm³/mol. The second-order valence-electron chi connectivity index (χ2n) is 4.45. The summed E-state index contributed by atoms with van der Waals surface area (Å²) in [4.78, 5) is 15.8. The van der Waals surface area contributed by atoms with Gasteiger partial charge in [-0.25, -0.2) is 17.9 Å². The van der Waals surface area contributed by atoms with Gasteiger partial charge in [-0.05, 0) is 6.92 Å². The molecule has 0 unspecified atom stereocenters. The van der Waals surface area contributed by atoms with Gasteiger partial charge >= 0.3 is 0 Å². The van der Waals surface area contributed by atoms with Gasteiger partial charge in [-0.2, -0.15) is 5.10 Å². The van der Waals surface area contributed by atoms with E-state index in [1.807, 2.05) is 0 Å². The Balaban J connectivity index is 2.15. The maximum Gasteiger partial charge on any atom is 0.226 e. The van der Waals surface area contributed by atoms with Crippen LogP contribution in [0.15, 0.2) is 12.1 Å². The number of anilines is 1. The van der Waals surface area contributed by atoms with E-state index >= 15 is 0 Å². The first-order chi connectivity index (χ1) is 9.24. The molecule has 0 atom stereocenters. The number of nitrogens with zero attached hydrogens (tertiary/aromatic N) is 3. The summed E-state index contributed by atoms with van der Waals surface area (Å²) in [6, 6.07) is 3.18. The van der Waals surface area contributed by atoms with Crippen LogP contribution >= 0.6 is 11.6 Å². The summed E-state index contributed by atoms with van der Waals surface area (Å²) >= 11 is 6.02. The van der Waals surface area contributed by atoms with Crippen LogP contribution < -0.4 is 5.32 Å². The van der Waals surface area contributed by atoms with Gasteiger partial charge in [0.15, 0.2) is 5.65 Å². The molecule has 2 rings (SSSR count). The molecule has 0 fully saturated rings. The molecule has 0 radical (unpaired) electrons. The highest BCUT2D eigenvalue weighted by molar-refractivity contribution is 7.90. The molecule has 2 heterocycles. The fourth-order valence-corrected chi connectivity index (χ4v) is 2.38. The number of rotatable bonds is 4. The summed E-state index contributed by atoms with van der Waals surface area (Å²) in [6.45, 7) is 1.80. The molecule has 0 spiro atoms. The lowest BCUT2D eigenvalue weighted by molar-refractivity contribution is -0.115. The Kier molecular flexibility index (Phi) is 3.96. The molecule has 9 heteroatoms. The van der Waals surface area contributed by atoms with Crippen molar-refractivity contribution in [3.63, 3.8) is 0 Å². The standard InChI is InChI=1S/C11H13ClN4O3S/c1-7-5-10-13-9(6-8(12)16(10)15-7)14-11(17)3-4-20(2,18)19/h5-6H,3-4H2,1-2H3,(H,13,14,17). The molecule has 0 saturated heterocycles. The van der Waals surface area contributed by atoms with Crippen molar-refractivity contribution in [3.8, 4) is 0 Å². The van der Waals surface area contributed by atoms with Crippen LogP contribution in [0.5, 0.6) is 0 Å². The van der Waals surface area contributed by atoms with E-state index in [1.165, 1.54) is 10.6 Å². The normalized spacial score (nSPS) is 11.8. The molecular weight excluding hydrogens is 304 g/mol. The number of carbonyl (C=O) groups is 1. The maximum atomic E-state index is 11.6. The Morgan fingerprint density at radius 2 is 2.15 bits per heavy atom. The van der Waals surface area contributed by atoms with E-state index in [0.717, 1.165) is 11.9 Å². The molecule has 0 bridgehead atoms. The number of fused-ring (bicyclic) bond motifs is 1. The number of carbonyl (C=O) groups excluding carboxylic acids is 1. The average molecular weight is 317 g/mol. The van der Waals surface area contributed by atoms with E-state index in [9.17, 15) is 13.2 Å². The summed E-state index contributed by atoms with van der Waals surface area (Å²) < 4.78 is 23.4. The van der Waals surface area contributed by atoms with Gasteiger partial charge in [-0.1, -0.05) is 11.6 Å². The minimum atomic E-state index is -3.17. The van der Waals surface area contributed by atoms with Crippen molar-refractivity contribution in [1.82, 2.24) is 14.6 Å². The van der Waals surface area contributed by atoms with Gasteiger partial charge in [0.05, 0.1) is 11.4 Å². The fraction of sp³-hybridized carbons (Fsp3) is 0.364. The lowest BCUT2D eigenvalue weighted by atomic mass is 10.4. The van der Waals surface area contributed by atoms with Crippen LogP contribution in [0, 0.1) is 6.92 Å². The fourth-order valence-electron chi connectivity index (χ4n) is 1.60. The van der Waals surface area contributed by atoms with Gasteiger partial charge in [0.1, 0.15) is 20.8 Å². The minimum absolute atomic E-state index is 0.123. The number of hydrogen-bond acceptors (Lipinski definition) is 5. The van der Waals surface area contributed by atoms with Crippen molar-refractivity contribution in [1.29, 1.82) is 0 Å². The number of aromatic nitrogens is 3. The Morgan fingerprint density at radius 3 is 2.80 bits per heavy atom. The Bertz CT molecular complexity index is 769. The molecule has 0 aliphatic rings. The highest BCUT2D eigenvalue weighted by Gasteiger charge is 2.11. The molecular formula is C11H13ClN4O3S. The molecule has 2 aromatic heterocycles. The molecule has 0 aromatic carbocycles. The highest BCUT2D eigenvalue weighted by Crippen LogP contribution is 2.17. The quantitative estimate of drug-likeness (QED) is 0.851. The van der Waals surface area contributed by atoms with E-state index < -0.39 is 15.7 Å². The van der Waals surface area contributed by atoms with Crippen molar-refractivity contribution in [3.05, 3.63) is 23.0 Å². The van der Waals surface area contributed by atoms with Crippen molar-refractivity contribution in [2.45, 2.75) is 13.3 Å². The average Bonchev–Trinajstić information content (AvgIpc) is 2.67. The van der Waals surface area contributed by atoms with Crippen molar-refractivity contribution < 1.29 is 13.2 Å². The molecule has 7 nitrogen and oxygen atoms in total. The first-order valence-electron chi connectivity index (χ1n) is 5.75.